The van der Waals surface area contributed by atoms with Gasteiger partial charge < -0.3 is 14.8 Å². The number of esters is 1. The Morgan fingerprint density at radius 3 is 2.81 bits per heavy atom. The van der Waals surface area contributed by atoms with Crippen molar-refractivity contribution in [2.45, 2.75) is 56.4 Å². The smallest absolute Gasteiger partial charge is 0.319 e. The van der Waals surface area contributed by atoms with Gasteiger partial charge in [-0.1, -0.05) is 44.4 Å². The van der Waals surface area contributed by atoms with E-state index in [1.165, 1.54) is 0 Å². The van der Waals surface area contributed by atoms with Gasteiger partial charge in [0, 0.05) is 0 Å². The van der Waals surface area contributed by atoms with Crippen LogP contribution in [0.3, 0.4) is 0 Å². The highest BCUT2D eigenvalue weighted by molar-refractivity contribution is 8.00. The van der Waals surface area contributed by atoms with Crippen LogP contribution >= 0.6 is 11.8 Å². The summed E-state index contributed by atoms with van der Waals surface area (Å²) < 4.78 is 5.05. The molecule has 0 spiro atoms. The number of thioether (sulfide) groups is 1. The van der Waals surface area contributed by atoms with E-state index in [1.807, 2.05) is 0 Å². The number of ether oxygens (including phenoxy) is 1. The first-order valence-electron chi connectivity index (χ1n) is 7.20. The number of carbonyl (C=O) groups excluding carboxylic acids is 1. The van der Waals surface area contributed by atoms with Gasteiger partial charge in [-0.05, 0) is 13.3 Å². The molecule has 1 aromatic heterocycles. The Labute approximate surface area is 128 Å². The third kappa shape index (κ3) is 6.66. The standard InChI is InChI=1S/C14H22N2O4S/c1-3-5-6-7-8-10(13(19)20-4-2)21-14-15-11(17)9-12(18)16-14/h9-10H,3-8H2,1-2H3,(H2,15,16,17,18). The van der Waals surface area contributed by atoms with Crippen molar-refractivity contribution in [3.8, 4) is 5.88 Å². The van der Waals surface area contributed by atoms with Gasteiger partial charge in [-0.3, -0.25) is 9.59 Å². The molecule has 2 N–H and O–H groups in total. The molecule has 1 atom stereocenters. The highest BCUT2D eigenvalue weighted by Crippen LogP contribution is 2.25. The van der Waals surface area contributed by atoms with Crippen molar-refractivity contribution in [3.63, 3.8) is 0 Å². The Hall–Kier alpha value is -1.50. The molecule has 1 aromatic rings. The van der Waals surface area contributed by atoms with E-state index in [1.54, 1.807) is 6.92 Å². The molecule has 7 heteroatoms. The molecule has 1 heterocycles. The third-order valence-electron chi connectivity index (χ3n) is 2.83. The summed E-state index contributed by atoms with van der Waals surface area (Å²) in [6.45, 7) is 4.19. The van der Waals surface area contributed by atoms with Crippen LogP contribution in [0.4, 0.5) is 0 Å². The van der Waals surface area contributed by atoms with Crippen LogP contribution in [-0.4, -0.2) is 32.9 Å². The number of rotatable bonds is 9. The Bertz CT molecular complexity index is 504. The average Bonchev–Trinajstić information content (AvgIpc) is 2.41. The summed E-state index contributed by atoms with van der Waals surface area (Å²) in [6.07, 6.45) is 4.87. The Balaban J connectivity index is 2.70. The molecule has 118 valence electrons. The third-order valence-corrected chi connectivity index (χ3v) is 3.96. The van der Waals surface area contributed by atoms with E-state index >= 15 is 0 Å². The molecule has 0 aliphatic heterocycles. The average molecular weight is 314 g/mol. The van der Waals surface area contributed by atoms with Gasteiger partial charge in [0.15, 0.2) is 5.16 Å². The van der Waals surface area contributed by atoms with Gasteiger partial charge >= 0.3 is 5.97 Å². The lowest BCUT2D eigenvalue weighted by Crippen LogP contribution is -2.21. The van der Waals surface area contributed by atoms with Crippen molar-refractivity contribution >= 4 is 17.7 Å². The largest absolute Gasteiger partial charge is 0.493 e. The van der Waals surface area contributed by atoms with Gasteiger partial charge in [0.1, 0.15) is 5.25 Å². The second kappa shape index (κ2) is 9.44. The minimum atomic E-state index is -0.446. The Kier molecular flexibility index (Phi) is 7.89. The van der Waals surface area contributed by atoms with Crippen molar-refractivity contribution < 1.29 is 14.6 Å². The van der Waals surface area contributed by atoms with Crippen LogP contribution in [0, 0.1) is 0 Å². The van der Waals surface area contributed by atoms with Gasteiger partial charge in [-0.2, -0.15) is 4.98 Å². The fraction of sp³-hybridized carbons (Fsp3) is 0.643. The van der Waals surface area contributed by atoms with Crippen LogP contribution in [0.2, 0.25) is 0 Å². The predicted octanol–water partition coefficient (Wildman–Crippen LogP) is 2.47. The molecule has 0 aliphatic rings. The van der Waals surface area contributed by atoms with Crippen LogP contribution < -0.4 is 5.56 Å². The van der Waals surface area contributed by atoms with Crippen molar-refractivity contribution in [1.82, 2.24) is 9.97 Å². The second-order valence-corrected chi connectivity index (χ2v) is 5.81. The van der Waals surface area contributed by atoms with Crippen LogP contribution in [0.25, 0.3) is 0 Å². The number of hydrogen-bond acceptors (Lipinski definition) is 6. The molecular formula is C14H22N2O4S. The van der Waals surface area contributed by atoms with Crippen LogP contribution in [0.5, 0.6) is 5.88 Å². The fourth-order valence-corrected chi connectivity index (χ4v) is 2.85. The fourth-order valence-electron chi connectivity index (χ4n) is 1.83. The van der Waals surface area contributed by atoms with Gasteiger partial charge in [0.25, 0.3) is 5.56 Å². The molecule has 0 aromatic carbocycles. The molecule has 6 nitrogen and oxygen atoms in total. The predicted molar refractivity (Wildman–Crippen MR) is 81.6 cm³/mol. The second-order valence-electron chi connectivity index (χ2n) is 4.62. The highest BCUT2D eigenvalue weighted by Gasteiger charge is 2.22. The van der Waals surface area contributed by atoms with E-state index in [0.717, 1.165) is 43.5 Å². The minimum Gasteiger partial charge on any atom is -0.493 e. The van der Waals surface area contributed by atoms with Crippen molar-refractivity contribution in [1.29, 1.82) is 0 Å². The maximum atomic E-state index is 12.0. The number of aromatic nitrogens is 2. The van der Waals surface area contributed by atoms with Crippen LogP contribution in [0.1, 0.15) is 46.0 Å². The van der Waals surface area contributed by atoms with Gasteiger partial charge in [-0.25, -0.2) is 0 Å². The Morgan fingerprint density at radius 1 is 1.43 bits per heavy atom. The lowest BCUT2D eigenvalue weighted by atomic mass is 10.1. The maximum Gasteiger partial charge on any atom is 0.319 e. The number of H-pyrrole nitrogens is 1. The van der Waals surface area contributed by atoms with Crippen LogP contribution in [-0.2, 0) is 9.53 Å². The van der Waals surface area contributed by atoms with E-state index in [9.17, 15) is 14.7 Å². The molecule has 0 bridgehead atoms. The van der Waals surface area contributed by atoms with Crippen molar-refractivity contribution in [2.24, 2.45) is 0 Å². The van der Waals surface area contributed by atoms with Crippen molar-refractivity contribution in [3.05, 3.63) is 16.4 Å². The number of unbranched alkanes of at least 4 members (excludes halogenated alkanes) is 3. The number of aromatic amines is 1. The van der Waals surface area contributed by atoms with E-state index in [0.29, 0.717) is 13.0 Å². The monoisotopic (exact) mass is 314 g/mol. The number of nitrogens with one attached hydrogen (secondary N) is 1. The Morgan fingerprint density at radius 2 is 2.19 bits per heavy atom. The van der Waals surface area contributed by atoms with Gasteiger partial charge in [0.2, 0.25) is 5.88 Å². The summed E-state index contributed by atoms with van der Waals surface area (Å²) in [4.78, 5) is 29.6. The van der Waals surface area contributed by atoms with E-state index in [4.69, 9.17) is 4.74 Å². The topological polar surface area (TPSA) is 92.3 Å². The molecule has 0 aliphatic carbocycles. The van der Waals surface area contributed by atoms with E-state index in [-0.39, 0.29) is 17.0 Å². The molecule has 0 saturated heterocycles. The SMILES string of the molecule is CCCCCCC(Sc1nc(O)cc(=O)[nH]1)C(=O)OCC. The van der Waals surface area contributed by atoms with Crippen molar-refractivity contribution in [2.75, 3.05) is 6.61 Å². The molecule has 0 fully saturated rings. The number of nitrogens with zero attached hydrogens (tertiary/aromatic N) is 1. The van der Waals surface area contributed by atoms with Gasteiger partial charge in [-0.15, -0.1) is 0 Å². The van der Waals surface area contributed by atoms with E-state index < -0.39 is 10.8 Å². The quantitative estimate of drug-likeness (QED) is 0.315. The summed E-state index contributed by atoms with van der Waals surface area (Å²) >= 11 is 1.12. The first-order valence-corrected chi connectivity index (χ1v) is 8.08. The van der Waals surface area contributed by atoms with E-state index in [2.05, 4.69) is 16.9 Å². The lowest BCUT2D eigenvalue weighted by Gasteiger charge is -2.14. The number of carbonyl (C=O) groups is 1. The summed E-state index contributed by atoms with van der Waals surface area (Å²) in [5, 5.41) is 9.14. The minimum absolute atomic E-state index is 0.230. The maximum absolute atomic E-state index is 12.0. The molecule has 1 rings (SSSR count). The first-order chi connectivity index (χ1) is 10.1. The molecule has 0 saturated carbocycles. The normalized spacial score (nSPS) is 12.1. The summed E-state index contributed by atoms with van der Waals surface area (Å²) in [6, 6.07) is 0.991. The summed E-state index contributed by atoms with van der Waals surface area (Å²) in [5.41, 5.74) is -0.446. The summed E-state index contributed by atoms with van der Waals surface area (Å²) in [7, 11) is 0. The van der Waals surface area contributed by atoms with Gasteiger partial charge in [0.05, 0.1) is 12.7 Å². The first kappa shape index (κ1) is 17.6. The molecule has 21 heavy (non-hydrogen) atoms. The molecular weight excluding hydrogens is 292 g/mol. The van der Waals surface area contributed by atoms with Crippen LogP contribution in [0.15, 0.2) is 16.0 Å². The summed E-state index contributed by atoms with van der Waals surface area (Å²) in [5.74, 6) is -0.667. The zero-order valence-electron chi connectivity index (χ0n) is 12.4. The zero-order chi connectivity index (χ0) is 15.7. The molecule has 0 amide bonds. The molecule has 0 radical (unpaired) electrons. The lowest BCUT2D eigenvalue weighted by molar-refractivity contribution is -0.142. The highest BCUT2D eigenvalue weighted by atomic mass is 32.2. The zero-order valence-corrected chi connectivity index (χ0v) is 13.2. The number of hydrogen-bond donors (Lipinski definition) is 2. The molecule has 1 unspecified atom stereocenters. The number of aromatic hydroxyl groups is 1.